The minimum Gasteiger partial charge on any atom is -0.468 e. The third-order valence-corrected chi connectivity index (χ3v) is 3.18. The summed E-state index contributed by atoms with van der Waals surface area (Å²) in [6.07, 6.45) is 0. The molecule has 0 aliphatic carbocycles. The second-order valence-electron chi connectivity index (χ2n) is 2.41. The molecule has 0 aliphatic rings. The predicted octanol–water partition coefficient (Wildman–Crippen LogP) is 3.06. The fourth-order valence-corrected chi connectivity index (χ4v) is 2.32. The molecule has 0 N–H and O–H groups in total. The lowest BCUT2D eigenvalue weighted by molar-refractivity contribution is -0.139. The second kappa shape index (κ2) is 4.77. The van der Waals surface area contributed by atoms with Crippen molar-refractivity contribution in [3.05, 3.63) is 34.3 Å². The smallest absolute Gasteiger partial charge is 0.324 e. The van der Waals surface area contributed by atoms with Crippen LogP contribution < -0.4 is 0 Å². The highest BCUT2D eigenvalue weighted by Crippen LogP contribution is 2.30. The molecule has 1 rings (SSSR count). The van der Waals surface area contributed by atoms with Crippen molar-refractivity contribution >= 4 is 37.8 Å². The van der Waals surface area contributed by atoms with E-state index >= 15 is 0 Å². The molecule has 1 atom stereocenters. The normalized spacial score (nSPS) is 12.2. The first-order chi connectivity index (χ1) is 6.16. The summed E-state index contributed by atoms with van der Waals surface area (Å²) >= 11 is 6.61. The van der Waals surface area contributed by atoms with Crippen molar-refractivity contribution < 1.29 is 9.53 Å². The van der Waals surface area contributed by atoms with Crippen LogP contribution in [0.2, 0.25) is 0 Å². The molecule has 70 valence electrons. The Morgan fingerprint density at radius 3 is 2.62 bits per heavy atom. The SMILES string of the molecule is COC(=O)[C@H](Br)c1ccccc1Br. The topological polar surface area (TPSA) is 26.3 Å². The fourth-order valence-electron chi connectivity index (χ4n) is 0.911. The average Bonchev–Trinajstić information content (AvgIpc) is 2.16. The molecule has 0 spiro atoms. The highest BCUT2D eigenvalue weighted by molar-refractivity contribution is 9.11. The van der Waals surface area contributed by atoms with Crippen LogP contribution in [0.25, 0.3) is 0 Å². The van der Waals surface area contributed by atoms with Crippen molar-refractivity contribution in [2.45, 2.75) is 4.83 Å². The first kappa shape index (κ1) is 10.7. The number of carbonyl (C=O) groups is 1. The van der Waals surface area contributed by atoms with E-state index in [0.29, 0.717) is 0 Å². The summed E-state index contributed by atoms with van der Waals surface area (Å²) in [4.78, 5) is 10.8. The number of ether oxygens (including phenoxy) is 1. The van der Waals surface area contributed by atoms with Gasteiger partial charge in [0.05, 0.1) is 7.11 Å². The number of hydrogen-bond acceptors (Lipinski definition) is 2. The third kappa shape index (κ3) is 2.54. The molecule has 0 fully saturated rings. The highest BCUT2D eigenvalue weighted by Gasteiger charge is 2.19. The van der Waals surface area contributed by atoms with E-state index in [1.807, 2.05) is 24.3 Å². The quantitative estimate of drug-likeness (QED) is 0.620. The lowest BCUT2D eigenvalue weighted by Crippen LogP contribution is -2.08. The third-order valence-electron chi connectivity index (χ3n) is 1.59. The summed E-state index contributed by atoms with van der Waals surface area (Å²) in [7, 11) is 1.37. The van der Waals surface area contributed by atoms with E-state index in [9.17, 15) is 4.79 Å². The molecule has 0 bridgehead atoms. The zero-order chi connectivity index (χ0) is 9.84. The van der Waals surface area contributed by atoms with Crippen molar-refractivity contribution in [3.8, 4) is 0 Å². The summed E-state index contributed by atoms with van der Waals surface area (Å²) in [5.41, 5.74) is 0.870. The molecule has 1 aromatic rings. The first-order valence-electron chi connectivity index (χ1n) is 3.63. The standard InChI is InChI=1S/C9H8Br2O2/c1-13-9(12)8(11)6-4-2-3-5-7(6)10/h2-5,8H,1H3/t8-/m1/s1. The maximum atomic E-state index is 11.2. The molecule has 0 unspecified atom stereocenters. The van der Waals surface area contributed by atoms with E-state index in [1.54, 1.807) is 0 Å². The number of esters is 1. The Morgan fingerprint density at radius 2 is 2.08 bits per heavy atom. The maximum absolute atomic E-state index is 11.2. The van der Waals surface area contributed by atoms with Crippen LogP contribution >= 0.6 is 31.9 Å². The molecule has 1 aromatic carbocycles. The van der Waals surface area contributed by atoms with Gasteiger partial charge in [0.2, 0.25) is 0 Å². The van der Waals surface area contributed by atoms with Crippen molar-refractivity contribution in [1.82, 2.24) is 0 Å². The molecule has 0 aromatic heterocycles. The molecule has 2 nitrogen and oxygen atoms in total. The average molecular weight is 308 g/mol. The minimum atomic E-state index is -0.409. The van der Waals surface area contributed by atoms with E-state index in [1.165, 1.54) is 7.11 Å². The van der Waals surface area contributed by atoms with Crippen molar-refractivity contribution in [2.75, 3.05) is 7.11 Å². The monoisotopic (exact) mass is 306 g/mol. The number of carbonyl (C=O) groups excluding carboxylic acids is 1. The van der Waals surface area contributed by atoms with Gasteiger partial charge in [0.1, 0.15) is 4.83 Å². The first-order valence-corrected chi connectivity index (χ1v) is 5.34. The Balaban J connectivity index is 2.95. The number of benzene rings is 1. The minimum absolute atomic E-state index is 0.299. The van der Waals surface area contributed by atoms with Crippen LogP contribution in [0.1, 0.15) is 10.4 Å². The molecule has 0 amide bonds. The number of alkyl halides is 1. The number of methoxy groups -OCH3 is 1. The maximum Gasteiger partial charge on any atom is 0.324 e. The van der Waals surface area contributed by atoms with Gasteiger partial charge in [0, 0.05) is 4.47 Å². The summed E-state index contributed by atoms with van der Waals surface area (Å²) in [6.45, 7) is 0. The summed E-state index contributed by atoms with van der Waals surface area (Å²) < 4.78 is 5.51. The van der Waals surface area contributed by atoms with Gasteiger partial charge in [0.15, 0.2) is 0 Å². The van der Waals surface area contributed by atoms with Crippen molar-refractivity contribution in [2.24, 2.45) is 0 Å². The van der Waals surface area contributed by atoms with Gasteiger partial charge in [-0.05, 0) is 11.6 Å². The van der Waals surface area contributed by atoms with E-state index in [4.69, 9.17) is 0 Å². The highest BCUT2D eigenvalue weighted by atomic mass is 79.9. The van der Waals surface area contributed by atoms with Crippen LogP contribution in [0, 0.1) is 0 Å². The molecule has 0 saturated carbocycles. The van der Waals surface area contributed by atoms with Gasteiger partial charge < -0.3 is 4.74 Å². The van der Waals surface area contributed by atoms with Crippen molar-refractivity contribution in [3.63, 3.8) is 0 Å². The molecular formula is C9H8Br2O2. The lowest BCUT2D eigenvalue weighted by Gasteiger charge is -2.09. The molecule has 4 heteroatoms. The molecule has 0 radical (unpaired) electrons. The number of hydrogen-bond donors (Lipinski definition) is 0. The van der Waals surface area contributed by atoms with E-state index in [2.05, 4.69) is 36.6 Å². The molecule has 0 saturated heterocycles. The van der Waals surface area contributed by atoms with Crippen LogP contribution in [0.15, 0.2) is 28.7 Å². The summed E-state index contributed by atoms with van der Waals surface area (Å²) in [6, 6.07) is 7.51. The Hall–Kier alpha value is -0.350. The van der Waals surface area contributed by atoms with Gasteiger partial charge in [-0.1, -0.05) is 50.1 Å². The zero-order valence-corrected chi connectivity index (χ0v) is 10.1. The molecule has 0 heterocycles. The Kier molecular flexibility index (Phi) is 3.93. The van der Waals surface area contributed by atoms with Crippen LogP contribution in [0.5, 0.6) is 0 Å². The molecular weight excluding hydrogens is 300 g/mol. The van der Waals surface area contributed by atoms with Gasteiger partial charge in [-0.2, -0.15) is 0 Å². The molecule has 0 aliphatic heterocycles. The lowest BCUT2D eigenvalue weighted by atomic mass is 10.1. The summed E-state index contributed by atoms with van der Waals surface area (Å²) in [5.74, 6) is -0.299. The zero-order valence-electron chi connectivity index (χ0n) is 6.96. The van der Waals surface area contributed by atoms with Gasteiger partial charge >= 0.3 is 5.97 Å². The summed E-state index contributed by atoms with van der Waals surface area (Å²) in [5, 5.41) is 0. The van der Waals surface area contributed by atoms with Gasteiger partial charge in [-0.3, -0.25) is 4.79 Å². The predicted molar refractivity (Wildman–Crippen MR) is 57.8 cm³/mol. The van der Waals surface area contributed by atoms with Crippen LogP contribution in [0.4, 0.5) is 0 Å². The fraction of sp³-hybridized carbons (Fsp3) is 0.222. The van der Waals surface area contributed by atoms with Gasteiger partial charge in [0.25, 0.3) is 0 Å². The van der Waals surface area contributed by atoms with Crippen LogP contribution in [0.3, 0.4) is 0 Å². The van der Waals surface area contributed by atoms with Crippen LogP contribution in [-0.2, 0) is 9.53 Å². The largest absolute Gasteiger partial charge is 0.468 e. The number of halogens is 2. The molecule has 13 heavy (non-hydrogen) atoms. The number of rotatable bonds is 2. The van der Waals surface area contributed by atoms with Crippen molar-refractivity contribution in [1.29, 1.82) is 0 Å². The van der Waals surface area contributed by atoms with E-state index < -0.39 is 4.83 Å². The second-order valence-corrected chi connectivity index (χ2v) is 4.18. The Bertz CT molecular complexity index is 312. The van der Waals surface area contributed by atoms with Crippen LogP contribution in [-0.4, -0.2) is 13.1 Å². The van der Waals surface area contributed by atoms with Gasteiger partial charge in [-0.25, -0.2) is 0 Å². The van der Waals surface area contributed by atoms with Gasteiger partial charge in [-0.15, -0.1) is 0 Å². The van der Waals surface area contributed by atoms with E-state index in [-0.39, 0.29) is 5.97 Å². The van der Waals surface area contributed by atoms with E-state index in [0.717, 1.165) is 10.0 Å². The Morgan fingerprint density at radius 1 is 1.46 bits per heavy atom. The Labute approximate surface area is 93.5 Å².